The van der Waals surface area contributed by atoms with Crippen molar-refractivity contribution < 1.29 is 23.7 Å². The van der Waals surface area contributed by atoms with Crippen molar-refractivity contribution >= 4 is 5.97 Å². The highest BCUT2D eigenvalue weighted by atomic mass is 16.5. The second kappa shape index (κ2) is 10.6. The van der Waals surface area contributed by atoms with E-state index in [2.05, 4.69) is 13.0 Å². The molecule has 0 aliphatic rings. The molecule has 0 aromatic heterocycles. The normalized spacial score (nSPS) is 11.6. The molecule has 1 unspecified atom stereocenters. The zero-order chi connectivity index (χ0) is 20.5. The van der Waals surface area contributed by atoms with E-state index in [4.69, 9.17) is 18.9 Å². The standard InChI is InChI=1S/C23H30O5/c1-6-17-13-18(8-9-22(17)27-5)19(14-23(24)28-7-2)10-16-11-20(25-3)15-21(12-16)26-4/h8-9,11-13,15,19H,6-7,10,14H2,1-5H3. The van der Waals surface area contributed by atoms with Crippen LogP contribution in [0.15, 0.2) is 36.4 Å². The first-order valence-electron chi connectivity index (χ1n) is 9.58. The maximum absolute atomic E-state index is 12.2. The van der Waals surface area contributed by atoms with Crippen molar-refractivity contribution in [2.75, 3.05) is 27.9 Å². The maximum atomic E-state index is 12.2. The molecule has 5 heteroatoms. The van der Waals surface area contributed by atoms with Crippen LogP contribution in [0.25, 0.3) is 0 Å². The summed E-state index contributed by atoms with van der Waals surface area (Å²) in [6.07, 6.45) is 1.83. The van der Waals surface area contributed by atoms with Crippen LogP contribution >= 0.6 is 0 Å². The molecule has 2 rings (SSSR count). The van der Waals surface area contributed by atoms with Gasteiger partial charge < -0.3 is 18.9 Å². The molecule has 0 bridgehead atoms. The van der Waals surface area contributed by atoms with E-state index in [0.29, 0.717) is 19.4 Å². The van der Waals surface area contributed by atoms with Gasteiger partial charge in [0.1, 0.15) is 17.2 Å². The Hall–Kier alpha value is -2.69. The van der Waals surface area contributed by atoms with E-state index >= 15 is 0 Å². The Morgan fingerprint density at radius 1 is 0.929 bits per heavy atom. The Kier molecular flexibility index (Phi) is 8.18. The SMILES string of the molecule is CCOC(=O)CC(Cc1cc(OC)cc(OC)c1)c1ccc(OC)c(CC)c1. The number of aryl methyl sites for hydroxylation is 1. The van der Waals surface area contributed by atoms with Crippen LogP contribution in [-0.2, 0) is 22.4 Å². The first kappa shape index (κ1) is 21.6. The first-order valence-corrected chi connectivity index (χ1v) is 9.58. The highest BCUT2D eigenvalue weighted by Gasteiger charge is 2.20. The van der Waals surface area contributed by atoms with Crippen molar-refractivity contribution in [2.45, 2.75) is 39.0 Å². The number of ether oxygens (including phenoxy) is 4. The molecule has 0 spiro atoms. The smallest absolute Gasteiger partial charge is 0.306 e. The van der Waals surface area contributed by atoms with E-state index in [1.807, 2.05) is 37.3 Å². The van der Waals surface area contributed by atoms with Gasteiger partial charge in [0.25, 0.3) is 0 Å². The number of benzene rings is 2. The molecule has 0 heterocycles. The molecule has 152 valence electrons. The van der Waals surface area contributed by atoms with E-state index < -0.39 is 0 Å². The van der Waals surface area contributed by atoms with Crippen LogP contribution in [0.5, 0.6) is 17.2 Å². The fraction of sp³-hybridized carbons (Fsp3) is 0.435. The molecule has 0 aliphatic carbocycles. The van der Waals surface area contributed by atoms with Crippen molar-refractivity contribution in [3.8, 4) is 17.2 Å². The van der Waals surface area contributed by atoms with Gasteiger partial charge in [-0.25, -0.2) is 0 Å². The molecular weight excluding hydrogens is 356 g/mol. The highest BCUT2D eigenvalue weighted by Crippen LogP contribution is 2.32. The topological polar surface area (TPSA) is 54.0 Å². The lowest BCUT2D eigenvalue weighted by Crippen LogP contribution is -2.13. The number of hydrogen-bond donors (Lipinski definition) is 0. The summed E-state index contributed by atoms with van der Waals surface area (Å²) in [4.78, 5) is 12.2. The number of esters is 1. The van der Waals surface area contributed by atoms with E-state index in [1.165, 1.54) is 0 Å². The van der Waals surface area contributed by atoms with Crippen LogP contribution in [-0.4, -0.2) is 33.9 Å². The predicted molar refractivity (Wildman–Crippen MR) is 110 cm³/mol. The third kappa shape index (κ3) is 5.65. The minimum absolute atomic E-state index is 0.0212. The average molecular weight is 386 g/mol. The predicted octanol–water partition coefficient (Wildman–Crippen LogP) is 4.55. The molecule has 0 amide bonds. The zero-order valence-corrected chi connectivity index (χ0v) is 17.4. The summed E-state index contributed by atoms with van der Waals surface area (Å²) in [6, 6.07) is 11.9. The number of rotatable bonds is 10. The van der Waals surface area contributed by atoms with E-state index in [0.717, 1.165) is 40.4 Å². The van der Waals surface area contributed by atoms with Gasteiger partial charge in [0, 0.05) is 6.07 Å². The molecule has 0 aliphatic heterocycles. The summed E-state index contributed by atoms with van der Waals surface area (Å²) < 4.78 is 21.4. The third-order valence-electron chi connectivity index (χ3n) is 4.77. The lowest BCUT2D eigenvalue weighted by molar-refractivity contribution is -0.143. The van der Waals surface area contributed by atoms with Crippen molar-refractivity contribution in [3.05, 3.63) is 53.1 Å². The number of hydrogen-bond acceptors (Lipinski definition) is 5. The van der Waals surface area contributed by atoms with E-state index in [9.17, 15) is 4.79 Å². The van der Waals surface area contributed by atoms with Gasteiger partial charge in [-0.2, -0.15) is 0 Å². The van der Waals surface area contributed by atoms with E-state index in [-0.39, 0.29) is 11.9 Å². The fourth-order valence-corrected chi connectivity index (χ4v) is 3.33. The minimum Gasteiger partial charge on any atom is -0.497 e. The van der Waals surface area contributed by atoms with E-state index in [1.54, 1.807) is 21.3 Å². The van der Waals surface area contributed by atoms with Crippen LogP contribution in [0.2, 0.25) is 0 Å². The summed E-state index contributed by atoms with van der Waals surface area (Å²) in [7, 11) is 4.93. The van der Waals surface area contributed by atoms with Crippen LogP contribution in [0.4, 0.5) is 0 Å². The second-order valence-electron chi connectivity index (χ2n) is 6.56. The highest BCUT2D eigenvalue weighted by molar-refractivity contribution is 5.70. The molecular formula is C23H30O5. The average Bonchev–Trinajstić information content (AvgIpc) is 2.72. The summed E-state index contributed by atoms with van der Waals surface area (Å²) >= 11 is 0. The Labute approximate surface area is 167 Å². The quantitative estimate of drug-likeness (QED) is 0.561. The largest absolute Gasteiger partial charge is 0.497 e. The molecule has 2 aromatic rings. The molecule has 2 aromatic carbocycles. The first-order chi connectivity index (χ1) is 13.5. The minimum atomic E-state index is -0.198. The summed E-state index contributed by atoms with van der Waals surface area (Å²) in [6.45, 7) is 4.29. The number of carbonyl (C=O) groups excluding carboxylic acids is 1. The van der Waals surface area contributed by atoms with Crippen LogP contribution in [0.3, 0.4) is 0 Å². The van der Waals surface area contributed by atoms with Gasteiger partial charge in [-0.05, 0) is 60.6 Å². The molecule has 0 saturated heterocycles. The van der Waals surface area contributed by atoms with Crippen LogP contribution < -0.4 is 14.2 Å². The molecule has 0 saturated carbocycles. The van der Waals surface area contributed by atoms with Crippen molar-refractivity contribution in [1.29, 1.82) is 0 Å². The van der Waals surface area contributed by atoms with Gasteiger partial charge in [0.2, 0.25) is 0 Å². The van der Waals surface area contributed by atoms with Crippen molar-refractivity contribution in [1.82, 2.24) is 0 Å². The lowest BCUT2D eigenvalue weighted by atomic mass is 9.88. The number of methoxy groups -OCH3 is 3. The molecule has 0 N–H and O–H groups in total. The van der Waals surface area contributed by atoms with Crippen molar-refractivity contribution in [3.63, 3.8) is 0 Å². The van der Waals surface area contributed by atoms with Gasteiger partial charge in [0.15, 0.2) is 0 Å². The lowest BCUT2D eigenvalue weighted by Gasteiger charge is -2.19. The Morgan fingerprint density at radius 2 is 1.61 bits per heavy atom. The Bertz CT molecular complexity index is 762. The Balaban J connectivity index is 2.38. The van der Waals surface area contributed by atoms with Gasteiger partial charge in [-0.15, -0.1) is 0 Å². The second-order valence-corrected chi connectivity index (χ2v) is 6.56. The number of carbonyl (C=O) groups is 1. The Morgan fingerprint density at radius 3 is 2.14 bits per heavy atom. The fourth-order valence-electron chi connectivity index (χ4n) is 3.33. The molecule has 0 fully saturated rings. The van der Waals surface area contributed by atoms with Gasteiger partial charge in [0.05, 0.1) is 34.4 Å². The maximum Gasteiger partial charge on any atom is 0.306 e. The van der Waals surface area contributed by atoms with Gasteiger partial charge in [-0.1, -0.05) is 19.1 Å². The summed E-state index contributed by atoms with van der Waals surface area (Å²) in [5.41, 5.74) is 3.25. The van der Waals surface area contributed by atoms with Crippen LogP contribution in [0.1, 0.15) is 42.9 Å². The van der Waals surface area contributed by atoms with Crippen molar-refractivity contribution in [2.24, 2.45) is 0 Å². The molecule has 1 atom stereocenters. The summed E-state index contributed by atoms with van der Waals surface area (Å²) in [5, 5.41) is 0. The van der Waals surface area contributed by atoms with Gasteiger partial charge in [-0.3, -0.25) is 4.79 Å². The zero-order valence-electron chi connectivity index (χ0n) is 17.4. The van der Waals surface area contributed by atoms with Crippen LogP contribution in [0, 0.1) is 0 Å². The molecule has 0 radical (unpaired) electrons. The third-order valence-corrected chi connectivity index (χ3v) is 4.77. The molecule has 28 heavy (non-hydrogen) atoms. The molecule has 5 nitrogen and oxygen atoms in total. The summed E-state index contributed by atoms with van der Waals surface area (Å²) in [5.74, 6) is 2.11. The van der Waals surface area contributed by atoms with Gasteiger partial charge >= 0.3 is 5.97 Å². The monoisotopic (exact) mass is 386 g/mol.